The normalized spacial score (nSPS) is 20.8. The second-order valence-electron chi connectivity index (χ2n) is 7.28. The summed E-state index contributed by atoms with van der Waals surface area (Å²) in [6.07, 6.45) is 4.04. The molecule has 1 aromatic heterocycles. The third-order valence-electron chi connectivity index (χ3n) is 5.58. The highest BCUT2D eigenvalue weighted by molar-refractivity contribution is 5.78. The predicted octanol–water partition coefficient (Wildman–Crippen LogP) is 2.78. The largest absolute Gasteiger partial charge is 0.469 e. The molecule has 5 nitrogen and oxygen atoms in total. The Bertz CT molecular complexity index is 703. The topological polar surface area (TPSA) is 54.7 Å². The number of nitrogens with zero attached hydrogens (tertiary/aromatic N) is 1. The fraction of sp³-hybridized carbons (Fsp3) is 0.476. The molecule has 2 aliphatic rings. The first-order chi connectivity index (χ1) is 12.8. The second kappa shape index (κ2) is 7.64. The summed E-state index contributed by atoms with van der Waals surface area (Å²) in [5.41, 5.74) is 0.951. The first kappa shape index (κ1) is 17.3. The minimum absolute atomic E-state index is 0.0504. The van der Waals surface area contributed by atoms with Crippen molar-refractivity contribution in [3.63, 3.8) is 0 Å². The van der Waals surface area contributed by atoms with Gasteiger partial charge >= 0.3 is 0 Å². The molecule has 5 heteroatoms. The molecule has 0 bridgehead atoms. The Morgan fingerprint density at radius 1 is 1.15 bits per heavy atom. The quantitative estimate of drug-likeness (QED) is 0.917. The molecule has 0 saturated carbocycles. The molecule has 1 aromatic carbocycles. The number of hydrogen-bond acceptors (Lipinski definition) is 4. The number of benzene rings is 1. The van der Waals surface area contributed by atoms with Crippen LogP contribution in [0.25, 0.3) is 0 Å². The number of nitrogens with one attached hydrogen (secondary N) is 1. The van der Waals surface area contributed by atoms with E-state index in [4.69, 9.17) is 9.15 Å². The summed E-state index contributed by atoms with van der Waals surface area (Å²) in [4.78, 5) is 15.1. The molecule has 0 radical (unpaired) electrons. The van der Waals surface area contributed by atoms with Gasteiger partial charge in [0.2, 0.25) is 5.91 Å². The molecule has 4 rings (SSSR count). The smallest absolute Gasteiger partial charge is 0.223 e. The molecule has 26 heavy (non-hydrogen) atoms. The van der Waals surface area contributed by atoms with E-state index >= 15 is 0 Å². The standard InChI is InChI=1S/C21H26N2O3/c24-20(23-12-14-26-21(16-23)8-10-22-11-9-21)15-18(19-7-4-13-25-19)17-5-2-1-3-6-17/h1-7,13,18,22H,8-12,14-16H2. The number of piperidine rings is 1. The van der Waals surface area contributed by atoms with Gasteiger partial charge in [0.05, 0.1) is 24.4 Å². The van der Waals surface area contributed by atoms with Crippen LogP contribution in [0.4, 0.5) is 0 Å². The molecule has 138 valence electrons. The molecule has 1 unspecified atom stereocenters. The van der Waals surface area contributed by atoms with Gasteiger partial charge in [-0.3, -0.25) is 4.79 Å². The summed E-state index contributed by atoms with van der Waals surface area (Å²) < 4.78 is 11.7. The minimum atomic E-state index is -0.161. The summed E-state index contributed by atoms with van der Waals surface area (Å²) in [5, 5.41) is 3.38. The maximum absolute atomic E-state index is 13.1. The fourth-order valence-electron chi connectivity index (χ4n) is 4.10. The number of morpholine rings is 1. The average Bonchev–Trinajstić information content (AvgIpc) is 3.22. The fourth-order valence-corrected chi connectivity index (χ4v) is 4.10. The van der Waals surface area contributed by atoms with E-state index in [1.165, 1.54) is 0 Å². The van der Waals surface area contributed by atoms with Crippen LogP contribution < -0.4 is 5.32 Å². The molecule has 1 N–H and O–H groups in total. The summed E-state index contributed by atoms with van der Waals surface area (Å²) in [6.45, 7) is 3.92. The van der Waals surface area contributed by atoms with E-state index in [-0.39, 0.29) is 17.4 Å². The minimum Gasteiger partial charge on any atom is -0.469 e. The molecule has 2 saturated heterocycles. The van der Waals surface area contributed by atoms with Crippen molar-refractivity contribution in [3.8, 4) is 0 Å². The Kier molecular flexibility index (Phi) is 5.09. The number of ether oxygens (including phenoxy) is 1. The zero-order chi connectivity index (χ0) is 17.8. The number of carbonyl (C=O) groups excluding carboxylic acids is 1. The van der Waals surface area contributed by atoms with Crippen LogP contribution in [0.3, 0.4) is 0 Å². The predicted molar refractivity (Wildman–Crippen MR) is 99.0 cm³/mol. The maximum atomic E-state index is 13.1. The van der Waals surface area contributed by atoms with Crippen molar-refractivity contribution in [3.05, 3.63) is 60.1 Å². The zero-order valence-corrected chi connectivity index (χ0v) is 15.0. The monoisotopic (exact) mass is 354 g/mol. The number of carbonyl (C=O) groups is 1. The van der Waals surface area contributed by atoms with Gasteiger partial charge in [-0.2, -0.15) is 0 Å². The molecule has 2 fully saturated rings. The first-order valence-electron chi connectivity index (χ1n) is 9.47. The lowest BCUT2D eigenvalue weighted by Gasteiger charge is -2.45. The third-order valence-corrected chi connectivity index (χ3v) is 5.58. The molecule has 1 atom stereocenters. The highest BCUT2D eigenvalue weighted by Gasteiger charge is 2.39. The van der Waals surface area contributed by atoms with E-state index in [9.17, 15) is 4.79 Å². The van der Waals surface area contributed by atoms with Crippen molar-refractivity contribution in [1.29, 1.82) is 0 Å². The van der Waals surface area contributed by atoms with Crippen LogP contribution in [-0.4, -0.2) is 49.2 Å². The van der Waals surface area contributed by atoms with Crippen LogP contribution in [0.2, 0.25) is 0 Å². The molecular weight excluding hydrogens is 328 g/mol. The van der Waals surface area contributed by atoms with Gasteiger partial charge < -0.3 is 19.4 Å². The lowest BCUT2D eigenvalue weighted by Crippen LogP contribution is -2.57. The van der Waals surface area contributed by atoms with Crippen LogP contribution in [0.15, 0.2) is 53.1 Å². The first-order valence-corrected chi connectivity index (χ1v) is 9.47. The van der Waals surface area contributed by atoms with Gasteiger partial charge in [-0.1, -0.05) is 30.3 Å². The van der Waals surface area contributed by atoms with Crippen LogP contribution in [-0.2, 0) is 9.53 Å². The van der Waals surface area contributed by atoms with Gasteiger partial charge in [0, 0.05) is 19.5 Å². The van der Waals surface area contributed by atoms with E-state index in [2.05, 4.69) is 17.4 Å². The van der Waals surface area contributed by atoms with Crippen molar-refractivity contribution in [2.75, 3.05) is 32.8 Å². The van der Waals surface area contributed by atoms with E-state index in [0.29, 0.717) is 26.1 Å². The summed E-state index contributed by atoms with van der Waals surface area (Å²) in [5.74, 6) is 0.969. The van der Waals surface area contributed by atoms with Crippen molar-refractivity contribution >= 4 is 5.91 Å². The Balaban J connectivity index is 1.49. The van der Waals surface area contributed by atoms with Gasteiger partial charge in [-0.15, -0.1) is 0 Å². The molecule has 1 amide bonds. The van der Waals surface area contributed by atoms with Crippen molar-refractivity contribution in [2.24, 2.45) is 0 Å². The highest BCUT2D eigenvalue weighted by Crippen LogP contribution is 2.32. The molecule has 2 aromatic rings. The number of hydrogen-bond donors (Lipinski definition) is 1. The van der Waals surface area contributed by atoms with Crippen LogP contribution in [0.1, 0.15) is 36.5 Å². The maximum Gasteiger partial charge on any atom is 0.223 e. The zero-order valence-electron chi connectivity index (χ0n) is 15.0. The highest BCUT2D eigenvalue weighted by atomic mass is 16.5. The van der Waals surface area contributed by atoms with E-state index < -0.39 is 0 Å². The molecule has 1 spiro atoms. The SMILES string of the molecule is O=C(CC(c1ccccc1)c1ccco1)N1CCOC2(CCNCC2)C1. The Morgan fingerprint density at radius 3 is 2.69 bits per heavy atom. The van der Waals surface area contributed by atoms with E-state index in [1.54, 1.807) is 6.26 Å². The van der Waals surface area contributed by atoms with Gasteiger partial charge in [0.15, 0.2) is 0 Å². The van der Waals surface area contributed by atoms with Crippen molar-refractivity contribution < 1.29 is 13.9 Å². The number of rotatable bonds is 4. The average molecular weight is 354 g/mol. The lowest BCUT2D eigenvalue weighted by molar-refractivity contribution is -0.155. The second-order valence-corrected chi connectivity index (χ2v) is 7.28. The molecular formula is C21H26N2O3. The molecule has 3 heterocycles. The van der Waals surface area contributed by atoms with Crippen LogP contribution in [0, 0.1) is 0 Å². The number of amides is 1. The lowest BCUT2D eigenvalue weighted by atomic mass is 9.89. The Morgan fingerprint density at radius 2 is 1.96 bits per heavy atom. The van der Waals surface area contributed by atoms with Crippen LogP contribution >= 0.6 is 0 Å². The van der Waals surface area contributed by atoms with Crippen molar-refractivity contribution in [1.82, 2.24) is 10.2 Å². The molecule has 2 aliphatic heterocycles. The van der Waals surface area contributed by atoms with Crippen molar-refractivity contribution in [2.45, 2.75) is 30.8 Å². The number of furan rings is 1. The van der Waals surface area contributed by atoms with Gasteiger partial charge in [0.1, 0.15) is 5.76 Å². The van der Waals surface area contributed by atoms with E-state index in [0.717, 1.165) is 37.3 Å². The van der Waals surface area contributed by atoms with E-state index in [1.807, 2.05) is 35.2 Å². The Labute approximate surface area is 154 Å². The third kappa shape index (κ3) is 3.69. The van der Waals surface area contributed by atoms with Gasteiger partial charge in [0.25, 0.3) is 0 Å². The summed E-state index contributed by atoms with van der Waals surface area (Å²) in [7, 11) is 0. The summed E-state index contributed by atoms with van der Waals surface area (Å²) in [6, 6.07) is 14.0. The van der Waals surface area contributed by atoms with Gasteiger partial charge in [-0.25, -0.2) is 0 Å². The van der Waals surface area contributed by atoms with Crippen LogP contribution in [0.5, 0.6) is 0 Å². The Hall–Kier alpha value is -2.11. The molecule has 0 aliphatic carbocycles. The summed E-state index contributed by atoms with van der Waals surface area (Å²) >= 11 is 0. The van der Waals surface area contributed by atoms with Gasteiger partial charge in [-0.05, 0) is 43.6 Å².